The lowest BCUT2D eigenvalue weighted by Crippen LogP contribution is -2.19. The van der Waals surface area contributed by atoms with Crippen LogP contribution in [0.15, 0.2) is 24.7 Å². The van der Waals surface area contributed by atoms with Gasteiger partial charge >= 0.3 is 0 Å². The lowest BCUT2D eigenvalue weighted by atomic mass is 10.1. The van der Waals surface area contributed by atoms with Gasteiger partial charge < -0.3 is 5.73 Å². The second-order valence-electron chi connectivity index (χ2n) is 4.01. The number of nitrogens with two attached hydrogens (primary N) is 1. The van der Waals surface area contributed by atoms with Crippen LogP contribution in [0.2, 0.25) is 0 Å². The maximum Gasteiger partial charge on any atom is 0.138 e. The Labute approximate surface area is 101 Å². The fraction of sp³-hybridized carbons (Fsp3) is 0.417. The maximum absolute atomic E-state index is 6.17. The van der Waals surface area contributed by atoms with Crippen LogP contribution in [-0.2, 0) is 13.0 Å². The summed E-state index contributed by atoms with van der Waals surface area (Å²) >= 11 is 0. The van der Waals surface area contributed by atoms with Crippen molar-refractivity contribution in [2.24, 2.45) is 5.73 Å². The molecule has 1 atom stereocenters. The zero-order valence-electron chi connectivity index (χ0n) is 10.2. The fourth-order valence-electron chi connectivity index (χ4n) is 1.89. The Bertz CT molecular complexity index is 491. The van der Waals surface area contributed by atoms with Gasteiger partial charge in [-0.3, -0.25) is 9.67 Å². The first-order valence-corrected chi connectivity index (χ1v) is 5.76. The molecule has 0 aliphatic rings. The Morgan fingerprint density at radius 2 is 2.24 bits per heavy atom. The summed E-state index contributed by atoms with van der Waals surface area (Å²) in [6.45, 7) is 4.87. The number of aromatic nitrogens is 4. The molecule has 0 radical (unpaired) electrons. The fourth-order valence-corrected chi connectivity index (χ4v) is 1.89. The lowest BCUT2D eigenvalue weighted by molar-refractivity contribution is 0.574. The molecule has 0 aliphatic heterocycles. The van der Waals surface area contributed by atoms with E-state index in [1.807, 2.05) is 30.7 Å². The molecule has 0 bridgehead atoms. The lowest BCUT2D eigenvalue weighted by Gasteiger charge is -2.13. The van der Waals surface area contributed by atoms with Crippen molar-refractivity contribution in [1.82, 2.24) is 19.7 Å². The van der Waals surface area contributed by atoms with Crippen LogP contribution in [0, 0.1) is 6.92 Å². The van der Waals surface area contributed by atoms with Crippen molar-refractivity contribution in [3.8, 4) is 0 Å². The van der Waals surface area contributed by atoms with E-state index in [1.54, 1.807) is 12.5 Å². The summed E-state index contributed by atoms with van der Waals surface area (Å²) in [6.07, 6.45) is 4.00. The van der Waals surface area contributed by atoms with Gasteiger partial charge in [-0.15, -0.1) is 0 Å². The van der Waals surface area contributed by atoms with Gasteiger partial charge in [0.2, 0.25) is 0 Å². The second-order valence-corrected chi connectivity index (χ2v) is 4.01. The van der Waals surface area contributed by atoms with Crippen LogP contribution in [0.1, 0.15) is 30.0 Å². The molecular weight excluding hydrogens is 214 g/mol. The molecule has 0 fully saturated rings. The molecule has 0 saturated carbocycles. The van der Waals surface area contributed by atoms with E-state index >= 15 is 0 Å². The van der Waals surface area contributed by atoms with Crippen molar-refractivity contribution in [2.75, 3.05) is 0 Å². The monoisotopic (exact) mass is 231 g/mol. The Morgan fingerprint density at radius 1 is 1.41 bits per heavy atom. The molecule has 2 aromatic heterocycles. The molecule has 2 N–H and O–H groups in total. The van der Waals surface area contributed by atoms with E-state index in [0.29, 0.717) is 6.42 Å². The number of nitrogens with zero attached hydrogens (tertiary/aromatic N) is 4. The zero-order chi connectivity index (χ0) is 12.3. The minimum atomic E-state index is -0.134. The first-order chi connectivity index (χ1) is 8.22. The van der Waals surface area contributed by atoms with Crippen molar-refractivity contribution in [3.05, 3.63) is 41.7 Å². The quantitative estimate of drug-likeness (QED) is 0.859. The zero-order valence-corrected chi connectivity index (χ0v) is 10.2. The first-order valence-electron chi connectivity index (χ1n) is 5.76. The van der Waals surface area contributed by atoms with Gasteiger partial charge in [0.1, 0.15) is 12.2 Å². The van der Waals surface area contributed by atoms with Crippen molar-refractivity contribution in [2.45, 2.75) is 32.9 Å². The Balaban J connectivity index is 2.17. The highest BCUT2D eigenvalue weighted by atomic mass is 15.3. The molecule has 1 unspecified atom stereocenters. The number of hydrogen-bond acceptors (Lipinski definition) is 4. The van der Waals surface area contributed by atoms with Crippen LogP contribution in [0.3, 0.4) is 0 Å². The van der Waals surface area contributed by atoms with Crippen LogP contribution in [0.25, 0.3) is 0 Å². The van der Waals surface area contributed by atoms with E-state index in [0.717, 1.165) is 23.6 Å². The number of aryl methyl sites for hydroxylation is 2. The molecule has 2 aromatic rings. The van der Waals surface area contributed by atoms with Crippen molar-refractivity contribution >= 4 is 0 Å². The molecule has 5 heteroatoms. The van der Waals surface area contributed by atoms with Gasteiger partial charge in [-0.05, 0) is 25.5 Å². The minimum Gasteiger partial charge on any atom is -0.322 e. The number of hydrogen-bond donors (Lipinski definition) is 1. The summed E-state index contributed by atoms with van der Waals surface area (Å²) in [4.78, 5) is 8.56. The van der Waals surface area contributed by atoms with Gasteiger partial charge in [0.15, 0.2) is 0 Å². The molecule has 0 aromatic carbocycles. The molecule has 0 amide bonds. The molecule has 90 valence electrons. The third-order valence-corrected chi connectivity index (χ3v) is 2.80. The largest absolute Gasteiger partial charge is 0.322 e. The third kappa shape index (κ3) is 2.50. The molecule has 0 spiro atoms. The van der Waals surface area contributed by atoms with E-state index in [9.17, 15) is 0 Å². The van der Waals surface area contributed by atoms with Crippen molar-refractivity contribution < 1.29 is 0 Å². The van der Waals surface area contributed by atoms with Gasteiger partial charge in [-0.2, -0.15) is 5.10 Å². The Hall–Kier alpha value is -1.75. The standard InChI is InChI=1S/C12H17N5/c1-3-17-11(15-8-16-17)7-10(13)12-9(2)5-4-6-14-12/h4-6,8,10H,3,7,13H2,1-2H3. The summed E-state index contributed by atoms with van der Waals surface area (Å²) in [5.41, 5.74) is 8.21. The molecule has 0 aliphatic carbocycles. The van der Waals surface area contributed by atoms with Gasteiger partial charge in [0.25, 0.3) is 0 Å². The van der Waals surface area contributed by atoms with Gasteiger partial charge in [-0.1, -0.05) is 6.07 Å². The second kappa shape index (κ2) is 5.05. The highest BCUT2D eigenvalue weighted by Crippen LogP contribution is 2.15. The summed E-state index contributed by atoms with van der Waals surface area (Å²) in [5.74, 6) is 0.907. The molecule has 5 nitrogen and oxygen atoms in total. The molecular formula is C12H17N5. The summed E-state index contributed by atoms with van der Waals surface area (Å²) in [5, 5.41) is 4.13. The normalized spacial score (nSPS) is 12.6. The molecule has 0 saturated heterocycles. The highest BCUT2D eigenvalue weighted by molar-refractivity contribution is 5.21. The molecule has 2 rings (SSSR count). The van der Waals surface area contributed by atoms with Gasteiger partial charge in [0.05, 0.1) is 11.7 Å². The smallest absolute Gasteiger partial charge is 0.138 e. The van der Waals surface area contributed by atoms with E-state index < -0.39 is 0 Å². The predicted molar refractivity (Wildman–Crippen MR) is 65.3 cm³/mol. The average molecular weight is 231 g/mol. The van der Waals surface area contributed by atoms with Gasteiger partial charge in [0, 0.05) is 19.2 Å². The summed E-state index contributed by atoms with van der Waals surface area (Å²) in [7, 11) is 0. The van der Waals surface area contributed by atoms with E-state index in [2.05, 4.69) is 15.1 Å². The topological polar surface area (TPSA) is 69.6 Å². The van der Waals surface area contributed by atoms with E-state index in [1.165, 1.54) is 0 Å². The third-order valence-electron chi connectivity index (χ3n) is 2.80. The SMILES string of the molecule is CCn1ncnc1CC(N)c1ncccc1C. The van der Waals surface area contributed by atoms with Crippen LogP contribution in [-0.4, -0.2) is 19.7 Å². The number of rotatable bonds is 4. The van der Waals surface area contributed by atoms with Crippen LogP contribution < -0.4 is 5.73 Å². The summed E-state index contributed by atoms with van der Waals surface area (Å²) in [6, 6.07) is 3.80. The van der Waals surface area contributed by atoms with Crippen LogP contribution >= 0.6 is 0 Å². The maximum atomic E-state index is 6.17. The highest BCUT2D eigenvalue weighted by Gasteiger charge is 2.14. The summed E-state index contributed by atoms with van der Waals surface area (Å²) < 4.78 is 1.86. The van der Waals surface area contributed by atoms with E-state index in [-0.39, 0.29) is 6.04 Å². The minimum absolute atomic E-state index is 0.134. The van der Waals surface area contributed by atoms with Gasteiger partial charge in [-0.25, -0.2) is 4.98 Å². The van der Waals surface area contributed by atoms with E-state index in [4.69, 9.17) is 5.73 Å². The predicted octanol–water partition coefficient (Wildman–Crippen LogP) is 1.24. The average Bonchev–Trinajstić information content (AvgIpc) is 2.76. The first kappa shape index (κ1) is 11.7. The Kier molecular flexibility index (Phi) is 3.49. The Morgan fingerprint density at radius 3 is 2.94 bits per heavy atom. The molecule has 2 heterocycles. The van der Waals surface area contributed by atoms with Crippen molar-refractivity contribution in [3.63, 3.8) is 0 Å². The van der Waals surface area contributed by atoms with Crippen LogP contribution in [0.4, 0.5) is 0 Å². The number of pyridine rings is 1. The van der Waals surface area contributed by atoms with Crippen molar-refractivity contribution in [1.29, 1.82) is 0 Å². The van der Waals surface area contributed by atoms with Crippen LogP contribution in [0.5, 0.6) is 0 Å². The molecule has 17 heavy (non-hydrogen) atoms.